The minimum Gasteiger partial charge on any atom is -0.465 e. The fourth-order valence-corrected chi connectivity index (χ4v) is 9.04. The molecule has 0 bridgehead atoms. The lowest BCUT2D eigenvalue weighted by molar-refractivity contribution is -0.146. The van der Waals surface area contributed by atoms with E-state index < -0.39 is 36.2 Å². The van der Waals surface area contributed by atoms with Crippen LogP contribution in [0.25, 0.3) is 0 Å². The molecule has 1 aliphatic rings. The third kappa shape index (κ3) is 13.0. The minimum atomic E-state index is -1.24. The first-order valence-electron chi connectivity index (χ1n) is 20.0. The van der Waals surface area contributed by atoms with Crippen LogP contribution in [0.1, 0.15) is 79.2 Å². The first kappa shape index (κ1) is 46.3. The van der Waals surface area contributed by atoms with Crippen LogP contribution in [0.2, 0.25) is 0 Å². The topological polar surface area (TPSA) is 149 Å². The zero-order valence-corrected chi connectivity index (χ0v) is 35.6. The number of carbonyl (C=O) groups excluding carboxylic acids is 4. The van der Waals surface area contributed by atoms with Crippen molar-refractivity contribution in [2.24, 2.45) is 17.8 Å². The molecule has 1 heterocycles. The standard InChI is InChI=1S/C43H65N5O7S/c1-10-30(6)40(46(7)42(52)38(28(2)3)45-41(51)39(29(4)5)47(8)43(53)54)34(55-9)26-37(50)48-25-17-22-33(48)35(56-32-20-15-12-16-21-32)27-36(49)44-24-23-31-18-13-11-14-19-31/h11-16,18-21,28-30,33-35,38-40H,10,17,22-27H2,1-9H3,(H,44,49)(H,45,51)(H,53,54). The van der Waals surface area contributed by atoms with Gasteiger partial charge in [-0.25, -0.2) is 4.79 Å². The van der Waals surface area contributed by atoms with Gasteiger partial charge in [-0.15, -0.1) is 11.8 Å². The van der Waals surface area contributed by atoms with Gasteiger partial charge in [-0.05, 0) is 54.7 Å². The van der Waals surface area contributed by atoms with Crippen LogP contribution in [0, 0.1) is 17.8 Å². The molecule has 2 aromatic rings. The van der Waals surface area contributed by atoms with Gasteiger partial charge in [0.05, 0.1) is 18.6 Å². The van der Waals surface area contributed by atoms with Crippen LogP contribution in [0.3, 0.4) is 0 Å². The van der Waals surface area contributed by atoms with Gasteiger partial charge in [0.25, 0.3) is 0 Å². The van der Waals surface area contributed by atoms with E-state index in [2.05, 4.69) is 10.6 Å². The van der Waals surface area contributed by atoms with Gasteiger partial charge in [0.1, 0.15) is 12.1 Å². The third-order valence-corrected chi connectivity index (χ3v) is 12.3. The number of rotatable bonds is 21. The number of thioether (sulfide) groups is 1. The van der Waals surface area contributed by atoms with Crippen LogP contribution in [0.4, 0.5) is 4.79 Å². The van der Waals surface area contributed by atoms with Gasteiger partial charge in [-0.3, -0.25) is 24.1 Å². The maximum atomic E-state index is 14.4. The lowest BCUT2D eigenvalue weighted by Gasteiger charge is -2.41. The number of carboxylic acid groups (broad SMARTS) is 1. The van der Waals surface area contributed by atoms with Crippen molar-refractivity contribution < 1.29 is 33.8 Å². The van der Waals surface area contributed by atoms with Crippen molar-refractivity contribution in [3.05, 3.63) is 66.2 Å². The second kappa shape index (κ2) is 22.6. The van der Waals surface area contributed by atoms with Gasteiger partial charge in [0.2, 0.25) is 23.6 Å². The van der Waals surface area contributed by atoms with Crippen LogP contribution in [0.15, 0.2) is 65.6 Å². The van der Waals surface area contributed by atoms with E-state index in [-0.39, 0.29) is 59.6 Å². The first-order chi connectivity index (χ1) is 26.6. The Morgan fingerprint density at radius 2 is 1.54 bits per heavy atom. The predicted molar refractivity (Wildman–Crippen MR) is 221 cm³/mol. The van der Waals surface area contributed by atoms with Crippen LogP contribution in [-0.2, 0) is 30.3 Å². The number of likely N-dealkylation sites (N-methyl/N-ethyl adjacent to an activating group) is 2. The Hall–Kier alpha value is -4.10. The Balaban J connectivity index is 1.81. The number of amides is 5. The number of nitrogens with zero attached hydrogens (tertiary/aromatic N) is 3. The number of likely N-dealkylation sites (tertiary alicyclic amines) is 1. The summed E-state index contributed by atoms with van der Waals surface area (Å²) in [5.74, 6) is -1.74. The highest BCUT2D eigenvalue weighted by atomic mass is 32.2. The second-order valence-electron chi connectivity index (χ2n) is 15.7. The van der Waals surface area contributed by atoms with Crippen LogP contribution in [-0.4, -0.2) is 119 Å². The number of benzene rings is 2. The molecule has 310 valence electrons. The van der Waals surface area contributed by atoms with Crippen molar-refractivity contribution in [3.8, 4) is 0 Å². The molecule has 0 aliphatic carbocycles. The third-order valence-electron chi connectivity index (χ3n) is 11.0. The van der Waals surface area contributed by atoms with E-state index in [1.807, 2.05) is 93.3 Å². The Bertz CT molecular complexity index is 1560. The van der Waals surface area contributed by atoms with Crippen molar-refractivity contribution in [1.29, 1.82) is 0 Å². The molecule has 7 unspecified atom stereocenters. The quantitative estimate of drug-likeness (QED) is 0.132. The summed E-state index contributed by atoms with van der Waals surface area (Å²) in [4.78, 5) is 72.8. The van der Waals surface area contributed by atoms with E-state index in [4.69, 9.17) is 4.74 Å². The zero-order chi connectivity index (χ0) is 41.5. The van der Waals surface area contributed by atoms with Crippen LogP contribution in [0.5, 0.6) is 0 Å². The van der Waals surface area contributed by atoms with E-state index in [9.17, 15) is 29.1 Å². The van der Waals surface area contributed by atoms with Gasteiger partial charge in [0, 0.05) is 56.9 Å². The molecule has 56 heavy (non-hydrogen) atoms. The second-order valence-corrected chi connectivity index (χ2v) is 17.0. The molecular formula is C43H65N5O7S. The molecule has 1 aliphatic heterocycles. The molecule has 1 fully saturated rings. The van der Waals surface area contributed by atoms with Gasteiger partial charge < -0.3 is 30.3 Å². The lowest BCUT2D eigenvalue weighted by atomic mass is 9.89. The highest BCUT2D eigenvalue weighted by Gasteiger charge is 2.42. The molecule has 5 amide bonds. The van der Waals surface area contributed by atoms with Crippen LogP contribution >= 0.6 is 11.8 Å². The van der Waals surface area contributed by atoms with E-state index >= 15 is 0 Å². The number of carbonyl (C=O) groups is 5. The molecule has 0 radical (unpaired) electrons. The highest BCUT2D eigenvalue weighted by Crippen LogP contribution is 2.35. The largest absolute Gasteiger partial charge is 0.465 e. The van der Waals surface area contributed by atoms with E-state index in [0.29, 0.717) is 19.5 Å². The minimum absolute atomic E-state index is 0.0309. The molecule has 1 saturated heterocycles. The molecule has 0 aromatic heterocycles. The fraction of sp³-hybridized carbons (Fsp3) is 0.605. The summed E-state index contributed by atoms with van der Waals surface area (Å²) >= 11 is 1.62. The average molecular weight is 796 g/mol. The van der Waals surface area contributed by atoms with E-state index in [0.717, 1.165) is 34.6 Å². The monoisotopic (exact) mass is 795 g/mol. The average Bonchev–Trinajstić information content (AvgIpc) is 3.67. The Morgan fingerprint density at radius 1 is 0.911 bits per heavy atom. The highest BCUT2D eigenvalue weighted by molar-refractivity contribution is 8.00. The molecule has 12 nitrogen and oxygen atoms in total. The maximum absolute atomic E-state index is 14.4. The normalized spacial score (nSPS) is 17.4. The van der Waals surface area contributed by atoms with Crippen molar-refractivity contribution in [2.75, 3.05) is 34.3 Å². The summed E-state index contributed by atoms with van der Waals surface area (Å²) in [5, 5.41) is 15.4. The SMILES string of the molecule is CCC(C)C(C(CC(=O)N1CCCC1C(CC(=O)NCCc1ccccc1)Sc1ccccc1)OC)N(C)C(=O)C(NC(=O)C(C(C)C)N(C)C(=O)O)C(C)C. The lowest BCUT2D eigenvalue weighted by Crippen LogP contribution is -2.60. The number of hydrogen-bond acceptors (Lipinski definition) is 7. The van der Waals surface area contributed by atoms with E-state index in [1.165, 1.54) is 7.05 Å². The zero-order valence-electron chi connectivity index (χ0n) is 34.8. The molecule has 0 saturated carbocycles. The fourth-order valence-electron chi connectivity index (χ4n) is 7.70. The molecule has 3 rings (SSSR count). The number of hydrogen-bond donors (Lipinski definition) is 3. The number of ether oxygens (including phenoxy) is 1. The predicted octanol–water partition coefficient (Wildman–Crippen LogP) is 5.94. The molecule has 7 atom stereocenters. The number of methoxy groups -OCH3 is 1. The van der Waals surface area contributed by atoms with Gasteiger partial charge >= 0.3 is 6.09 Å². The molecule has 2 aromatic carbocycles. The number of nitrogens with one attached hydrogen (secondary N) is 2. The van der Waals surface area contributed by atoms with Crippen molar-refractivity contribution in [3.63, 3.8) is 0 Å². The van der Waals surface area contributed by atoms with Crippen molar-refractivity contribution in [2.45, 2.75) is 120 Å². The van der Waals surface area contributed by atoms with Gasteiger partial charge in [-0.2, -0.15) is 0 Å². The first-order valence-corrected chi connectivity index (χ1v) is 20.9. The Morgan fingerprint density at radius 3 is 2.09 bits per heavy atom. The summed E-state index contributed by atoms with van der Waals surface area (Å²) < 4.78 is 6.05. The molecular weight excluding hydrogens is 731 g/mol. The van der Waals surface area contributed by atoms with E-state index in [1.54, 1.807) is 44.7 Å². The molecule has 3 N–H and O–H groups in total. The summed E-state index contributed by atoms with van der Waals surface area (Å²) in [5.41, 5.74) is 1.15. The summed E-state index contributed by atoms with van der Waals surface area (Å²) in [6, 6.07) is 17.4. The Labute approximate surface area is 338 Å². The summed E-state index contributed by atoms with van der Waals surface area (Å²) in [7, 11) is 4.58. The summed E-state index contributed by atoms with van der Waals surface area (Å²) in [6.07, 6.45) is 1.41. The van der Waals surface area contributed by atoms with Gasteiger partial charge in [0.15, 0.2) is 0 Å². The molecule has 13 heteroatoms. The smallest absolute Gasteiger partial charge is 0.407 e. The maximum Gasteiger partial charge on any atom is 0.407 e. The van der Waals surface area contributed by atoms with Gasteiger partial charge in [-0.1, -0.05) is 96.5 Å². The molecule has 0 spiro atoms. The van der Waals surface area contributed by atoms with Crippen LogP contribution < -0.4 is 10.6 Å². The van der Waals surface area contributed by atoms with Crippen molar-refractivity contribution >= 4 is 41.5 Å². The van der Waals surface area contributed by atoms with Crippen molar-refractivity contribution in [1.82, 2.24) is 25.3 Å². The summed E-state index contributed by atoms with van der Waals surface area (Å²) in [6.45, 7) is 12.3. The Kier molecular flexibility index (Phi) is 18.7.